The first kappa shape index (κ1) is 55.1. The molecule has 2 rings (SSSR count). The fourth-order valence-electron chi connectivity index (χ4n) is 9.50. The number of hydrogen-bond donors (Lipinski definition) is 3. The van der Waals surface area contributed by atoms with Gasteiger partial charge in [-0.3, -0.25) is 9.59 Å². The molecular weight excluding hydrogens is 794 g/mol. The lowest BCUT2D eigenvalue weighted by atomic mass is 9.75. The lowest BCUT2D eigenvalue weighted by molar-refractivity contribution is -0.775. The van der Waals surface area contributed by atoms with Crippen LogP contribution in [0.2, 0.25) is 0 Å². The van der Waals surface area contributed by atoms with Crippen LogP contribution in [0, 0.1) is 33.8 Å². The Labute approximate surface area is 365 Å². The van der Waals surface area contributed by atoms with E-state index < -0.39 is 107 Å². The van der Waals surface area contributed by atoms with Gasteiger partial charge >= 0.3 is 5.97 Å². The van der Waals surface area contributed by atoms with E-state index in [1.807, 2.05) is 58.5 Å². The van der Waals surface area contributed by atoms with Crippen molar-refractivity contribution in [1.82, 2.24) is 9.80 Å². The number of ketones is 1. The van der Waals surface area contributed by atoms with Crippen LogP contribution in [0.25, 0.3) is 0 Å². The minimum Gasteiger partial charge on any atom is -0.459 e. The van der Waals surface area contributed by atoms with Gasteiger partial charge in [0.1, 0.15) is 23.6 Å². The maximum absolute atomic E-state index is 14.6. The van der Waals surface area contributed by atoms with Gasteiger partial charge in [-0.2, -0.15) is 0 Å². The number of aliphatic hydroxyl groups excluding tert-OH is 1. The van der Waals surface area contributed by atoms with Crippen LogP contribution < -0.4 is 0 Å². The molecule has 0 amide bonds. The third-order valence-corrected chi connectivity index (χ3v) is 13.2. The second kappa shape index (κ2) is 23.2. The summed E-state index contributed by atoms with van der Waals surface area (Å²) in [6.07, 6.45) is -6.96. The highest BCUT2D eigenvalue weighted by Crippen LogP contribution is 2.40. The van der Waals surface area contributed by atoms with Crippen LogP contribution in [0.15, 0.2) is 0 Å². The molecule has 61 heavy (non-hydrogen) atoms. The van der Waals surface area contributed by atoms with E-state index in [4.69, 9.17) is 33.3 Å². The summed E-state index contributed by atoms with van der Waals surface area (Å²) >= 11 is 0. The summed E-state index contributed by atoms with van der Waals surface area (Å²) < 4.78 is 38.0. The Kier molecular flexibility index (Phi) is 21.0. The molecule has 2 heterocycles. The quantitative estimate of drug-likeness (QED) is 0.0641. The number of nitrogens with zero attached hydrogens (tertiary/aromatic N) is 3. The van der Waals surface area contributed by atoms with E-state index >= 15 is 0 Å². The van der Waals surface area contributed by atoms with Crippen molar-refractivity contribution in [2.45, 2.75) is 212 Å². The fraction of sp³-hybridized carbons (Fsp3) is 0.955. The Morgan fingerprint density at radius 2 is 1.62 bits per heavy atom. The van der Waals surface area contributed by atoms with Crippen LogP contribution in [-0.2, 0) is 42.8 Å². The summed E-state index contributed by atoms with van der Waals surface area (Å²) in [5.41, 5.74) is -4.34. The van der Waals surface area contributed by atoms with E-state index in [0.29, 0.717) is 19.3 Å². The van der Waals surface area contributed by atoms with Crippen LogP contribution >= 0.6 is 0 Å². The number of carbonyl (C=O) groups is 2. The van der Waals surface area contributed by atoms with Crippen molar-refractivity contribution < 1.29 is 63.3 Å². The number of aliphatic hydroxyl groups is 3. The highest BCUT2D eigenvalue weighted by molar-refractivity contribution is 5.78. The second-order valence-electron chi connectivity index (χ2n) is 19.4. The Morgan fingerprint density at radius 1 is 1.02 bits per heavy atom. The van der Waals surface area contributed by atoms with Crippen LogP contribution in [0.5, 0.6) is 0 Å². The van der Waals surface area contributed by atoms with Crippen molar-refractivity contribution in [3.8, 4) is 0 Å². The molecule has 0 radical (unpaired) electrons. The minimum absolute atomic E-state index is 0.00628. The maximum atomic E-state index is 14.6. The summed E-state index contributed by atoms with van der Waals surface area (Å²) in [6.45, 7) is 21.4. The molecule has 2 saturated heterocycles. The molecule has 358 valence electrons. The molecule has 2 fully saturated rings. The van der Waals surface area contributed by atoms with Gasteiger partial charge in [0.2, 0.25) is 0 Å². The first-order valence-corrected chi connectivity index (χ1v) is 22.2. The molecule has 3 N–H and O–H groups in total. The van der Waals surface area contributed by atoms with Crippen LogP contribution in [-0.4, -0.2) is 161 Å². The molecule has 2 aliphatic heterocycles. The van der Waals surface area contributed by atoms with Crippen molar-refractivity contribution in [3.05, 3.63) is 10.1 Å². The van der Waals surface area contributed by atoms with E-state index in [2.05, 4.69) is 0 Å². The summed E-state index contributed by atoms with van der Waals surface area (Å²) in [5.74, 6) is -3.31. The molecule has 0 unspecified atom stereocenters. The monoisotopic (exact) mass is 878 g/mol. The Balaban J connectivity index is 2.75. The summed E-state index contributed by atoms with van der Waals surface area (Å²) in [4.78, 5) is 48.6. The largest absolute Gasteiger partial charge is 0.459 e. The zero-order valence-corrected chi connectivity index (χ0v) is 40.3. The summed E-state index contributed by atoms with van der Waals surface area (Å²) in [7, 11) is 8.79. The SMILES string of the molecule is CCCC(=O)C[C@H]([C@@H](C)N(C)C)[C@](C)(O)[C@@H](CC)OC(=O)[C@H](C)[C@@H](O[C@H]1C[C@@](C)(OC)[C@@H](O)[C@H](C)O1)[C@H](C)[C@@H](O[C@@H]1O[C@H](C)C[C@H](N(C)C)[C@H]1O[N+](=O)[O-])[C@](C)(O)CC(C)C. The van der Waals surface area contributed by atoms with Crippen molar-refractivity contribution in [1.29, 1.82) is 0 Å². The molecule has 0 aromatic heterocycles. The van der Waals surface area contributed by atoms with Gasteiger partial charge < -0.3 is 58.4 Å². The minimum atomic E-state index is -1.63. The van der Waals surface area contributed by atoms with E-state index in [1.54, 1.807) is 62.6 Å². The van der Waals surface area contributed by atoms with E-state index in [0.717, 1.165) is 0 Å². The van der Waals surface area contributed by atoms with Crippen molar-refractivity contribution in [3.63, 3.8) is 0 Å². The number of esters is 1. The van der Waals surface area contributed by atoms with Crippen LogP contribution in [0.3, 0.4) is 0 Å². The fourth-order valence-corrected chi connectivity index (χ4v) is 9.50. The molecule has 0 aliphatic carbocycles. The van der Waals surface area contributed by atoms with Gasteiger partial charge in [-0.15, -0.1) is 10.1 Å². The number of methoxy groups -OCH3 is 1. The molecule has 0 aromatic carbocycles. The maximum Gasteiger partial charge on any atom is 0.311 e. The van der Waals surface area contributed by atoms with Gasteiger partial charge in [-0.05, 0) is 108 Å². The average Bonchev–Trinajstić information content (AvgIpc) is 3.14. The zero-order chi connectivity index (χ0) is 46.9. The van der Waals surface area contributed by atoms with Crippen molar-refractivity contribution >= 4 is 11.8 Å². The number of Topliss-reactive ketones (excluding diaryl/α,β-unsaturated/α-hetero) is 1. The van der Waals surface area contributed by atoms with Crippen molar-refractivity contribution in [2.75, 3.05) is 35.3 Å². The Hall–Kier alpha value is -2.06. The van der Waals surface area contributed by atoms with E-state index in [9.17, 15) is 35.0 Å². The summed E-state index contributed by atoms with van der Waals surface area (Å²) in [6, 6.07) is -0.745. The van der Waals surface area contributed by atoms with Gasteiger partial charge in [0, 0.05) is 50.3 Å². The molecular formula is C44H83N3O14. The van der Waals surface area contributed by atoms with Gasteiger partial charge in [-0.25, -0.2) is 0 Å². The molecule has 17 nitrogen and oxygen atoms in total. The first-order chi connectivity index (χ1) is 28.1. The normalized spacial score (nSPS) is 31.6. The third kappa shape index (κ3) is 14.5. The topological polar surface area (TPSA) is 209 Å². The van der Waals surface area contributed by atoms with E-state index in [1.165, 1.54) is 7.11 Å². The lowest BCUT2D eigenvalue weighted by Gasteiger charge is -2.49. The zero-order valence-electron chi connectivity index (χ0n) is 40.3. The first-order valence-electron chi connectivity index (χ1n) is 22.2. The van der Waals surface area contributed by atoms with Gasteiger partial charge in [0.05, 0.1) is 41.5 Å². The van der Waals surface area contributed by atoms with Gasteiger partial charge in [0.25, 0.3) is 5.09 Å². The number of rotatable bonds is 25. The van der Waals surface area contributed by atoms with Crippen LogP contribution in [0.1, 0.15) is 128 Å². The highest BCUT2D eigenvalue weighted by atomic mass is 17.0. The standard InChI is InChI=1S/C44H83N3O14/c1-18-20-31(48)22-32(29(8)45(13)14)44(12,52)34(19-2)58-40(50)28(7)36(59-35-24-43(11,55-17)38(49)30(9)57-35)27(6)39(42(10,51)23-25(3)4)60-41-37(61-47(53)54)33(46(15)16)21-26(5)56-41/h25-30,32-39,41,49,51-52H,18-24H2,1-17H3/t26-,27+,28-,29-,30+,32-,33+,34-,35+,36+,37-,38+,39-,41+,42-,43-,44+/m1/s1. The lowest BCUT2D eigenvalue weighted by Crippen LogP contribution is -2.61. The second-order valence-corrected chi connectivity index (χ2v) is 19.4. The number of ether oxygens (including phenoxy) is 6. The van der Waals surface area contributed by atoms with Crippen LogP contribution in [0.4, 0.5) is 0 Å². The number of hydrogen-bond acceptors (Lipinski definition) is 16. The predicted molar refractivity (Wildman–Crippen MR) is 229 cm³/mol. The molecule has 0 aromatic rings. The molecule has 0 saturated carbocycles. The van der Waals surface area contributed by atoms with Gasteiger partial charge in [0.15, 0.2) is 18.7 Å². The smallest absolute Gasteiger partial charge is 0.311 e. The molecule has 0 spiro atoms. The average molecular weight is 878 g/mol. The molecule has 17 atom stereocenters. The molecule has 0 bridgehead atoms. The highest BCUT2D eigenvalue weighted by Gasteiger charge is 2.53. The summed E-state index contributed by atoms with van der Waals surface area (Å²) in [5, 5.41) is 46.7. The third-order valence-electron chi connectivity index (χ3n) is 13.2. The molecule has 17 heteroatoms. The number of likely N-dealkylation sites (N-methyl/N-ethyl adjacent to an activating group) is 1. The number of carbonyl (C=O) groups excluding carboxylic acids is 2. The Bertz CT molecular complexity index is 1380. The Morgan fingerprint density at radius 3 is 2.11 bits per heavy atom. The van der Waals surface area contributed by atoms with Crippen molar-refractivity contribution in [2.24, 2.45) is 23.7 Å². The van der Waals surface area contributed by atoms with E-state index in [-0.39, 0.29) is 43.4 Å². The predicted octanol–water partition coefficient (Wildman–Crippen LogP) is 4.77. The van der Waals surface area contributed by atoms with Gasteiger partial charge in [-0.1, -0.05) is 34.6 Å². The molecule has 2 aliphatic rings.